The molecule has 0 saturated carbocycles. The minimum absolute atomic E-state index is 0.0115. The van der Waals surface area contributed by atoms with Crippen LogP contribution in [-0.2, 0) is 6.54 Å². The molecular weight excluding hydrogens is 297 g/mol. The van der Waals surface area contributed by atoms with Gasteiger partial charge in [-0.3, -0.25) is 4.79 Å². The highest BCUT2D eigenvalue weighted by molar-refractivity contribution is 6.31. The maximum absolute atomic E-state index is 13.8. The normalized spacial score (nSPS) is 11.2. The number of ketones is 1. The first-order valence-corrected chi connectivity index (χ1v) is 6.73. The highest BCUT2D eigenvalue weighted by Gasteiger charge is 2.22. The molecule has 0 fully saturated rings. The summed E-state index contributed by atoms with van der Waals surface area (Å²) in [6, 6.07) is 4.49. The zero-order valence-corrected chi connectivity index (χ0v) is 12.1. The Bertz CT molecular complexity index is 853. The first-order chi connectivity index (χ1) is 10.0. The fourth-order valence-corrected chi connectivity index (χ4v) is 2.20. The summed E-state index contributed by atoms with van der Waals surface area (Å²) in [6.07, 6.45) is 0. The van der Waals surface area contributed by atoms with Gasteiger partial charge in [-0.05, 0) is 32.0 Å². The number of rotatable bonds is 3. The second kappa shape index (κ2) is 4.96. The fraction of sp³-hybridized carbons (Fsp3) is 0.214. The molecule has 3 rings (SSSR count). The van der Waals surface area contributed by atoms with Crippen LogP contribution in [0.4, 0.5) is 4.39 Å². The summed E-state index contributed by atoms with van der Waals surface area (Å²) in [5.41, 5.74) is 0.662. The molecule has 0 unspecified atom stereocenters. The minimum Gasteiger partial charge on any atom is -0.449 e. The molecule has 0 amide bonds. The van der Waals surface area contributed by atoms with Crippen molar-refractivity contribution in [1.82, 2.24) is 15.0 Å². The molecule has 0 spiro atoms. The van der Waals surface area contributed by atoms with E-state index in [9.17, 15) is 9.18 Å². The molecule has 0 atom stereocenters. The number of furan rings is 1. The number of aryl methyl sites for hydroxylation is 2. The number of carbonyl (C=O) groups excluding carboxylic acids is 1. The van der Waals surface area contributed by atoms with Crippen LogP contribution in [0.1, 0.15) is 28.9 Å². The monoisotopic (exact) mass is 307 g/mol. The summed E-state index contributed by atoms with van der Waals surface area (Å²) < 4.78 is 19.2. The third-order valence-corrected chi connectivity index (χ3v) is 3.42. The first-order valence-electron chi connectivity index (χ1n) is 6.35. The van der Waals surface area contributed by atoms with Gasteiger partial charge in [0.2, 0.25) is 5.78 Å². The molecule has 5 nitrogen and oxygen atoms in total. The van der Waals surface area contributed by atoms with Crippen molar-refractivity contribution in [2.45, 2.75) is 20.4 Å². The molecule has 108 valence electrons. The zero-order chi connectivity index (χ0) is 15.1. The predicted octanol–water partition coefficient (Wildman–Crippen LogP) is 3.38. The zero-order valence-electron chi connectivity index (χ0n) is 11.4. The maximum atomic E-state index is 13.8. The molecule has 0 bridgehead atoms. The van der Waals surface area contributed by atoms with Crippen molar-refractivity contribution >= 4 is 28.4 Å². The first kappa shape index (κ1) is 13.8. The number of hydrogen-bond donors (Lipinski definition) is 0. The summed E-state index contributed by atoms with van der Waals surface area (Å²) >= 11 is 5.70. The van der Waals surface area contributed by atoms with Gasteiger partial charge in [0.25, 0.3) is 0 Å². The maximum Gasteiger partial charge on any atom is 0.250 e. The highest BCUT2D eigenvalue weighted by Crippen LogP contribution is 2.28. The van der Waals surface area contributed by atoms with Gasteiger partial charge in [-0.15, -0.1) is 5.10 Å². The van der Waals surface area contributed by atoms with Gasteiger partial charge in [0.15, 0.2) is 22.9 Å². The Kier molecular flexibility index (Phi) is 3.25. The number of benzene rings is 1. The van der Waals surface area contributed by atoms with E-state index in [-0.39, 0.29) is 22.1 Å². The van der Waals surface area contributed by atoms with E-state index in [1.54, 1.807) is 13.0 Å². The largest absolute Gasteiger partial charge is 0.449 e. The van der Waals surface area contributed by atoms with Crippen LogP contribution in [-0.4, -0.2) is 20.8 Å². The Hall–Kier alpha value is -2.21. The van der Waals surface area contributed by atoms with Crippen LogP contribution in [0, 0.1) is 12.7 Å². The minimum atomic E-state index is -0.679. The van der Waals surface area contributed by atoms with E-state index in [4.69, 9.17) is 16.0 Å². The summed E-state index contributed by atoms with van der Waals surface area (Å²) in [5.74, 6) is -1.10. The van der Waals surface area contributed by atoms with Crippen molar-refractivity contribution in [3.63, 3.8) is 0 Å². The van der Waals surface area contributed by atoms with E-state index in [1.165, 1.54) is 16.9 Å². The lowest BCUT2D eigenvalue weighted by atomic mass is 10.2. The molecule has 3 aromatic rings. The molecule has 1 aromatic carbocycles. The lowest BCUT2D eigenvalue weighted by Crippen LogP contribution is -2.04. The van der Waals surface area contributed by atoms with Gasteiger partial charge in [0.05, 0.1) is 17.3 Å². The van der Waals surface area contributed by atoms with E-state index < -0.39 is 11.6 Å². The van der Waals surface area contributed by atoms with E-state index >= 15 is 0 Å². The van der Waals surface area contributed by atoms with Gasteiger partial charge < -0.3 is 4.42 Å². The van der Waals surface area contributed by atoms with Crippen molar-refractivity contribution in [3.05, 3.63) is 46.2 Å². The van der Waals surface area contributed by atoms with Crippen LogP contribution in [0.2, 0.25) is 5.02 Å². The standard InChI is InChI=1S/C14H11ClFN3O2/c1-3-19-17-7(2)12(18-19)13(20)10-6-8-4-5-9(15)11(16)14(8)21-10/h4-6H,3H2,1-2H3. The Balaban J connectivity index is 2.09. The second-order valence-electron chi connectivity index (χ2n) is 4.54. The van der Waals surface area contributed by atoms with Crippen LogP contribution >= 0.6 is 11.6 Å². The molecule has 0 aliphatic heterocycles. The highest BCUT2D eigenvalue weighted by atomic mass is 35.5. The van der Waals surface area contributed by atoms with Gasteiger partial charge in [0.1, 0.15) is 0 Å². The van der Waals surface area contributed by atoms with Gasteiger partial charge in [-0.2, -0.15) is 9.90 Å². The number of hydrogen-bond acceptors (Lipinski definition) is 4. The van der Waals surface area contributed by atoms with Crippen LogP contribution in [0.25, 0.3) is 11.0 Å². The topological polar surface area (TPSA) is 60.9 Å². The van der Waals surface area contributed by atoms with E-state index in [1.807, 2.05) is 6.92 Å². The van der Waals surface area contributed by atoms with Crippen molar-refractivity contribution < 1.29 is 13.6 Å². The Morgan fingerprint density at radius 1 is 1.43 bits per heavy atom. The number of halogens is 2. The fourth-order valence-electron chi connectivity index (χ4n) is 2.06. The number of aromatic nitrogens is 3. The molecule has 21 heavy (non-hydrogen) atoms. The molecule has 2 heterocycles. The lowest BCUT2D eigenvalue weighted by molar-refractivity contribution is 0.100. The Morgan fingerprint density at radius 2 is 2.19 bits per heavy atom. The lowest BCUT2D eigenvalue weighted by Gasteiger charge is -1.94. The SMILES string of the molecule is CCn1nc(C)c(C(=O)c2cc3ccc(Cl)c(F)c3o2)n1. The van der Waals surface area contributed by atoms with E-state index in [0.29, 0.717) is 17.6 Å². The average molecular weight is 308 g/mol. The third kappa shape index (κ3) is 2.21. The number of carbonyl (C=O) groups is 1. The molecule has 0 aliphatic rings. The molecule has 2 aromatic heterocycles. The predicted molar refractivity (Wildman–Crippen MR) is 75.0 cm³/mol. The van der Waals surface area contributed by atoms with Gasteiger partial charge in [-0.1, -0.05) is 11.6 Å². The quantitative estimate of drug-likeness (QED) is 0.696. The van der Waals surface area contributed by atoms with Crippen molar-refractivity contribution in [2.75, 3.05) is 0 Å². The summed E-state index contributed by atoms with van der Waals surface area (Å²) in [4.78, 5) is 13.8. The van der Waals surface area contributed by atoms with Crippen LogP contribution < -0.4 is 0 Å². The summed E-state index contributed by atoms with van der Waals surface area (Å²) in [5, 5.41) is 8.62. The van der Waals surface area contributed by atoms with Crippen LogP contribution in [0.3, 0.4) is 0 Å². The third-order valence-electron chi connectivity index (χ3n) is 3.12. The molecule has 0 N–H and O–H groups in total. The molecule has 7 heteroatoms. The van der Waals surface area contributed by atoms with Gasteiger partial charge in [-0.25, -0.2) is 4.39 Å². The molecule has 0 radical (unpaired) electrons. The van der Waals surface area contributed by atoms with Crippen LogP contribution in [0.15, 0.2) is 22.6 Å². The second-order valence-corrected chi connectivity index (χ2v) is 4.95. The number of nitrogens with zero attached hydrogens (tertiary/aromatic N) is 3. The van der Waals surface area contributed by atoms with Crippen molar-refractivity contribution in [2.24, 2.45) is 0 Å². The Morgan fingerprint density at radius 3 is 2.86 bits per heavy atom. The molecule has 0 aliphatic carbocycles. The Labute approximate surface area is 124 Å². The van der Waals surface area contributed by atoms with Crippen LogP contribution in [0.5, 0.6) is 0 Å². The smallest absolute Gasteiger partial charge is 0.250 e. The summed E-state index contributed by atoms with van der Waals surface area (Å²) in [7, 11) is 0. The van der Waals surface area contributed by atoms with Crippen molar-refractivity contribution in [1.29, 1.82) is 0 Å². The van der Waals surface area contributed by atoms with Crippen molar-refractivity contribution in [3.8, 4) is 0 Å². The van der Waals surface area contributed by atoms with Gasteiger partial charge in [0, 0.05) is 5.39 Å². The van der Waals surface area contributed by atoms with E-state index in [0.717, 1.165) is 0 Å². The average Bonchev–Trinajstić information content (AvgIpc) is 3.06. The number of fused-ring (bicyclic) bond motifs is 1. The summed E-state index contributed by atoms with van der Waals surface area (Å²) in [6.45, 7) is 4.11. The van der Waals surface area contributed by atoms with E-state index in [2.05, 4.69) is 10.2 Å². The molecular formula is C14H11ClFN3O2. The van der Waals surface area contributed by atoms with Gasteiger partial charge >= 0.3 is 0 Å². The molecule has 0 saturated heterocycles.